The number of thiophene rings is 1. The molecule has 2 nitrogen and oxygen atoms in total. The predicted molar refractivity (Wildman–Crippen MR) is 260 cm³/mol. The number of hydrogen-bond acceptors (Lipinski definition) is 3. The molecule has 0 aliphatic rings. The van der Waals surface area contributed by atoms with Crippen LogP contribution in [0.15, 0.2) is 218 Å². The molecular formula is C58H36N2S. The summed E-state index contributed by atoms with van der Waals surface area (Å²) in [6, 6.07) is 78.7. The summed E-state index contributed by atoms with van der Waals surface area (Å²) in [5, 5.41) is 8.46. The van der Waals surface area contributed by atoms with E-state index >= 15 is 0 Å². The van der Waals surface area contributed by atoms with Crippen molar-refractivity contribution >= 4 is 64.0 Å². The molecule has 61 heavy (non-hydrogen) atoms. The molecule has 12 aromatic rings. The molecule has 0 fully saturated rings. The third kappa shape index (κ3) is 6.09. The summed E-state index contributed by atoms with van der Waals surface area (Å²) in [4.78, 5) is 11.0. The normalized spacial score (nSPS) is 11.6. The van der Waals surface area contributed by atoms with E-state index in [9.17, 15) is 0 Å². The second-order valence-electron chi connectivity index (χ2n) is 15.7. The van der Waals surface area contributed by atoms with E-state index in [0.717, 1.165) is 49.4 Å². The van der Waals surface area contributed by atoms with Gasteiger partial charge in [0.05, 0.1) is 15.9 Å². The van der Waals surface area contributed by atoms with Crippen LogP contribution in [0.5, 0.6) is 0 Å². The van der Waals surface area contributed by atoms with E-state index in [-0.39, 0.29) is 0 Å². The first kappa shape index (κ1) is 35.2. The molecule has 0 aliphatic carbocycles. The fourth-order valence-electron chi connectivity index (χ4n) is 9.12. The van der Waals surface area contributed by atoms with Crippen LogP contribution in [0.2, 0.25) is 0 Å². The molecule has 0 saturated carbocycles. The van der Waals surface area contributed by atoms with Crippen molar-refractivity contribution in [3.63, 3.8) is 0 Å². The minimum absolute atomic E-state index is 0.733. The van der Waals surface area contributed by atoms with Crippen molar-refractivity contribution in [1.29, 1.82) is 0 Å². The maximum absolute atomic E-state index is 5.52. The van der Waals surface area contributed by atoms with Gasteiger partial charge in [-0.25, -0.2) is 9.97 Å². The highest BCUT2D eigenvalue weighted by molar-refractivity contribution is 7.27. The Balaban J connectivity index is 1.06. The minimum atomic E-state index is 0.733. The molecule has 0 unspecified atom stereocenters. The second kappa shape index (κ2) is 14.5. The molecule has 2 aromatic heterocycles. The number of hydrogen-bond donors (Lipinski definition) is 0. The van der Waals surface area contributed by atoms with Crippen molar-refractivity contribution in [3.8, 4) is 67.2 Å². The van der Waals surface area contributed by atoms with Crippen LogP contribution in [0.25, 0.3) is 120 Å². The fraction of sp³-hybridized carbons (Fsp3) is 0. The topological polar surface area (TPSA) is 25.8 Å². The quantitative estimate of drug-likeness (QED) is 0.157. The van der Waals surface area contributed by atoms with Gasteiger partial charge >= 0.3 is 0 Å². The maximum Gasteiger partial charge on any atom is 0.161 e. The third-order valence-corrected chi connectivity index (χ3v) is 13.3. The van der Waals surface area contributed by atoms with Gasteiger partial charge in [-0.05, 0) is 102 Å². The van der Waals surface area contributed by atoms with Gasteiger partial charge in [-0.15, -0.1) is 11.3 Å². The summed E-state index contributed by atoms with van der Waals surface area (Å²) in [5.41, 5.74) is 13.5. The van der Waals surface area contributed by atoms with E-state index in [1.165, 1.54) is 70.4 Å². The standard InChI is InChI=1S/C58H36N2S/c1-3-16-37(17-4-1)44-34-45(38-18-5-2-6-19-38)36-46(35-44)42-24-13-22-40(32-42)41-23-14-25-43(33-41)54-57-55(60-58(59-54)52-31-15-21-39-20-7-8-26-47(39)52)53-50-29-11-9-27-48(50)49-28-10-12-30-51(49)56(53)61-57/h1-36H. The van der Waals surface area contributed by atoms with Gasteiger partial charge in [0.15, 0.2) is 5.82 Å². The summed E-state index contributed by atoms with van der Waals surface area (Å²) in [5.74, 6) is 0.733. The van der Waals surface area contributed by atoms with E-state index in [1.54, 1.807) is 0 Å². The van der Waals surface area contributed by atoms with Crippen molar-refractivity contribution in [1.82, 2.24) is 9.97 Å². The molecule has 2 heterocycles. The van der Waals surface area contributed by atoms with Crippen molar-refractivity contribution in [2.75, 3.05) is 0 Å². The molecule has 0 spiro atoms. The minimum Gasteiger partial charge on any atom is -0.226 e. The molecule has 0 bridgehead atoms. The van der Waals surface area contributed by atoms with Gasteiger partial charge in [0.2, 0.25) is 0 Å². The van der Waals surface area contributed by atoms with Crippen LogP contribution in [-0.2, 0) is 0 Å². The Morgan fingerprint density at radius 1 is 0.295 bits per heavy atom. The molecule has 0 amide bonds. The molecule has 12 rings (SSSR count). The first-order chi connectivity index (χ1) is 30.2. The average molecular weight is 793 g/mol. The fourth-order valence-corrected chi connectivity index (χ4v) is 10.4. The van der Waals surface area contributed by atoms with Crippen LogP contribution in [0.1, 0.15) is 0 Å². The van der Waals surface area contributed by atoms with Gasteiger partial charge in [-0.3, -0.25) is 0 Å². The number of rotatable bonds is 6. The first-order valence-corrected chi connectivity index (χ1v) is 21.5. The number of benzene rings is 10. The van der Waals surface area contributed by atoms with Crippen molar-refractivity contribution in [2.24, 2.45) is 0 Å². The van der Waals surface area contributed by atoms with Crippen molar-refractivity contribution in [3.05, 3.63) is 218 Å². The predicted octanol–water partition coefficient (Wildman–Crippen LogP) is 16.3. The monoisotopic (exact) mass is 792 g/mol. The van der Waals surface area contributed by atoms with Gasteiger partial charge in [0, 0.05) is 26.6 Å². The summed E-state index contributed by atoms with van der Waals surface area (Å²) < 4.78 is 2.34. The van der Waals surface area contributed by atoms with E-state index in [1.807, 2.05) is 11.3 Å². The van der Waals surface area contributed by atoms with Gasteiger partial charge < -0.3 is 0 Å². The summed E-state index contributed by atoms with van der Waals surface area (Å²) in [6.45, 7) is 0. The average Bonchev–Trinajstić information content (AvgIpc) is 3.74. The smallest absolute Gasteiger partial charge is 0.161 e. The molecule has 0 saturated heterocycles. The molecule has 0 aliphatic heterocycles. The molecule has 284 valence electrons. The lowest BCUT2D eigenvalue weighted by molar-refractivity contribution is 1.25. The van der Waals surface area contributed by atoms with Crippen LogP contribution in [0, 0.1) is 0 Å². The molecule has 10 aromatic carbocycles. The lowest BCUT2D eigenvalue weighted by atomic mass is 9.92. The van der Waals surface area contributed by atoms with Crippen molar-refractivity contribution < 1.29 is 0 Å². The highest BCUT2D eigenvalue weighted by atomic mass is 32.1. The van der Waals surface area contributed by atoms with E-state index < -0.39 is 0 Å². The zero-order valence-corrected chi connectivity index (χ0v) is 33.9. The number of fused-ring (bicyclic) bond motifs is 9. The number of aromatic nitrogens is 2. The highest BCUT2D eigenvalue weighted by Gasteiger charge is 2.21. The van der Waals surface area contributed by atoms with Gasteiger partial charge in [0.25, 0.3) is 0 Å². The van der Waals surface area contributed by atoms with Crippen LogP contribution in [0.3, 0.4) is 0 Å². The summed E-state index contributed by atoms with van der Waals surface area (Å²) >= 11 is 1.81. The second-order valence-corrected chi connectivity index (χ2v) is 16.7. The van der Waals surface area contributed by atoms with E-state index in [0.29, 0.717) is 0 Å². The molecular weight excluding hydrogens is 757 g/mol. The summed E-state index contributed by atoms with van der Waals surface area (Å²) in [6.07, 6.45) is 0. The SMILES string of the molecule is c1ccc(-c2cc(-c3ccccc3)cc(-c3cccc(-c4cccc(-c5nc(-c6cccc7ccccc67)nc6c5sc5c7ccccc7c7ccccc7c65)c4)c3)c2)cc1. The number of nitrogens with zero attached hydrogens (tertiary/aromatic N) is 2. The lowest BCUT2D eigenvalue weighted by Gasteiger charge is -2.13. The highest BCUT2D eigenvalue weighted by Crippen LogP contribution is 2.47. The first-order valence-electron chi connectivity index (χ1n) is 20.7. The van der Waals surface area contributed by atoms with Crippen LogP contribution < -0.4 is 0 Å². The van der Waals surface area contributed by atoms with Gasteiger partial charge in [-0.2, -0.15) is 0 Å². The Morgan fingerprint density at radius 3 is 1.41 bits per heavy atom. The Morgan fingerprint density at radius 2 is 0.738 bits per heavy atom. The summed E-state index contributed by atoms with van der Waals surface area (Å²) in [7, 11) is 0. The maximum atomic E-state index is 5.52. The Kier molecular flexibility index (Phi) is 8.39. The largest absolute Gasteiger partial charge is 0.226 e. The van der Waals surface area contributed by atoms with Crippen LogP contribution in [-0.4, -0.2) is 9.97 Å². The zero-order valence-electron chi connectivity index (χ0n) is 33.1. The van der Waals surface area contributed by atoms with E-state index in [2.05, 4.69) is 218 Å². The van der Waals surface area contributed by atoms with Crippen molar-refractivity contribution in [2.45, 2.75) is 0 Å². The molecule has 0 radical (unpaired) electrons. The zero-order chi connectivity index (χ0) is 40.3. The van der Waals surface area contributed by atoms with Crippen LogP contribution >= 0.6 is 11.3 Å². The Labute approximate surface area is 357 Å². The molecule has 0 N–H and O–H groups in total. The third-order valence-electron chi connectivity index (χ3n) is 12.0. The lowest BCUT2D eigenvalue weighted by Crippen LogP contribution is -1.95. The molecule has 0 atom stereocenters. The molecule has 3 heteroatoms. The van der Waals surface area contributed by atoms with Crippen LogP contribution in [0.4, 0.5) is 0 Å². The van der Waals surface area contributed by atoms with E-state index in [4.69, 9.17) is 9.97 Å². The van der Waals surface area contributed by atoms with Gasteiger partial charge in [-0.1, -0.05) is 188 Å². The van der Waals surface area contributed by atoms with Gasteiger partial charge in [0.1, 0.15) is 0 Å². The Bertz CT molecular complexity index is 3580. The Hall–Kier alpha value is -7.72.